The summed E-state index contributed by atoms with van der Waals surface area (Å²) in [4.78, 5) is 48.7. The van der Waals surface area contributed by atoms with Gasteiger partial charge < -0.3 is 20.1 Å². The first kappa shape index (κ1) is 36.5. The highest BCUT2D eigenvalue weighted by atomic mass is 16.6. The van der Waals surface area contributed by atoms with Crippen molar-refractivity contribution in [1.82, 2.24) is 15.2 Å². The Morgan fingerprint density at radius 1 is 0.980 bits per heavy atom. The molecule has 4 aromatic rings. The third-order valence-corrected chi connectivity index (χ3v) is 8.93. The molecule has 9 nitrogen and oxygen atoms in total. The Hall–Kier alpha value is -4.76. The number of hydrogen-bond donors (Lipinski definition) is 2. The number of benzene rings is 3. The number of carbonyl (C=O) groups is 3. The van der Waals surface area contributed by atoms with E-state index in [4.69, 9.17) is 4.74 Å². The van der Waals surface area contributed by atoms with Crippen molar-refractivity contribution < 1.29 is 24.2 Å². The summed E-state index contributed by atoms with van der Waals surface area (Å²) in [6.07, 6.45) is 2.18. The molecule has 0 spiro atoms. The number of β-amino-alcohol motifs (C(OH)–C–C–N with tert-alkyl or cyclic N) is 1. The van der Waals surface area contributed by atoms with Gasteiger partial charge in [0.05, 0.1) is 30.2 Å². The average molecular weight is 679 g/mol. The van der Waals surface area contributed by atoms with E-state index in [-0.39, 0.29) is 37.2 Å². The fourth-order valence-corrected chi connectivity index (χ4v) is 6.50. The maximum Gasteiger partial charge on any atom is 0.414 e. The van der Waals surface area contributed by atoms with Crippen LogP contribution in [0.15, 0.2) is 91.1 Å². The van der Waals surface area contributed by atoms with Crippen LogP contribution in [0.3, 0.4) is 0 Å². The van der Waals surface area contributed by atoms with E-state index >= 15 is 0 Å². The lowest BCUT2D eigenvalue weighted by molar-refractivity contribution is -0.131. The van der Waals surface area contributed by atoms with E-state index < -0.39 is 29.8 Å². The number of pyridine rings is 1. The molecule has 2 heterocycles. The SMILES string of the molecule is CC(C)CC(CN(C(=O)OC(C)(C)C)c1ccc2ccccc2c1)C(=O)NC1CCCN(C(=O)Cc2cccc(-c3ccccn3)c2)C[C@@H]1O. The zero-order valence-electron chi connectivity index (χ0n) is 29.8. The Morgan fingerprint density at radius 3 is 2.46 bits per heavy atom. The molecule has 1 aliphatic rings. The van der Waals surface area contributed by atoms with Crippen LogP contribution >= 0.6 is 0 Å². The summed E-state index contributed by atoms with van der Waals surface area (Å²) in [5.74, 6) is -0.696. The molecule has 0 radical (unpaired) electrons. The maximum atomic E-state index is 14.0. The van der Waals surface area contributed by atoms with Gasteiger partial charge >= 0.3 is 6.09 Å². The number of ether oxygens (including phenoxy) is 1. The van der Waals surface area contributed by atoms with Gasteiger partial charge in [-0.2, -0.15) is 0 Å². The molecule has 1 aliphatic heterocycles. The lowest BCUT2D eigenvalue weighted by Crippen LogP contribution is -2.51. The summed E-state index contributed by atoms with van der Waals surface area (Å²) < 4.78 is 5.82. The number of anilines is 1. The molecule has 0 bridgehead atoms. The molecule has 0 saturated carbocycles. The summed E-state index contributed by atoms with van der Waals surface area (Å²) in [5.41, 5.74) is 2.58. The average Bonchev–Trinajstić information content (AvgIpc) is 3.26. The van der Waals surface area contributed by atoms with Crippen molar-refractivity contribution in [3.8, 4) is 11.3 Å². The van der Waals surface area contributed by atoms with Crippen molar-refractivity contribution in [3.63, 3.8) is 0 Å². The third-order valence-electron chi connectivity index (χ3n) is 8.93. The van der Waals surface area contributed by atoms with Crippen LogP contribution in [0.5, 0.6) is 0 Å². The van der Waals surface area contributed by atoms with Crippen molar-refractivity contribution in [3.05, 3.63) is 96.7 Å². The topological polar surface area (TPSA) is 112 Å². The zero-order chi connectivity index (χ0) is 35.8. The van der Waals surface area contributed by atoms with Gasteiger partial charge in [-0.15, -0.1) is 0 Å². The molecule has 0 aliphatic carbocycles. The van der Waals surface area contributed by atoms with Crippen molar-refractivity contribution in [2.24, 2.45) is 11.8 Å². The van der Waals surface area contributed by atoms with E-state index in [0.29, 0.717) is 31.5 Å². The molecular weight excluding hydrogens is 628 g/mol. The number of fused-ring (bicyclic) bond motifs is 1. The maximum absolute atomic E-state index is 14.0. The highest BCUT2D eigenvalue weighted by molar-refractivity contribution is 5.94. The van der Waals surface area contributed by atoms with Gasteiger partial charge in [0.1, 0.15) is 5.60 Å². The first-order chi connectivity index (χ1) is 23.9. The van der Waals surface area contributed by atoms with Crippen LogP contribution in [0.2, 0.25) is 0 Å². The number of amides is 3. The Kier molecular flexibility index (Phi) is 11.9. The minimum absolute atomic E-state index is 0.0738. The van der Waals surface area contributed by atoms with Gasteiger partial charge in [0.25, 0.3) is 0 Å². The van der Waals surface area contributed by atoms with Gasteiger partial charge in [-0.1, -0.05) is 68.4 Å². The molecule has 2 N–H and O–H groups in total. The number of likely N-dealkylation sites (tertiary alicyclic amines) is 1. The van der Waals surface area contributed by atoms with Crippen LogP contribution in [-0.2, 0) is 20.7 Å². The van der Waals surface area contributed by atoms with E-state index in [1.165, 1.54) is 0 Å². The van der Waals surface area contributed by atoms with Crippen molar-refractivity contribution in [1.29, 1.82) is 0 Å². The number of hydrogen-bond acceptors (Lipinski definition) is 6. The van der Waals surface area contributed by atoms with E-state index in [2.05, 4.69) is 10.3 Å². The monoisotopic (exact) mass is 678 g/mol. The fourth-order valence-electron chi connectivity index (χ4n) is 6.50. The van der Waals surface area contributed by atoms with Crippen molar-refractivity contribution in [2.75, 3.05) is 24.5 Å². The molecule has 2 unspecified atom stereocenters. The van der Waals surface area contributed by atoms with Gasteiger partial charge in [0, 0.05) is 37.1 Å². The second kappa shape index (κ2) is 16.3. The van der Waals surface area contributed by atoms with E-state index in [1.54, 1.807) is 16.0 Å². The summed E-state index contributed by atoms with van der Waals surface area (Å²) in [6.45, 7) is 10.3. The second-order valence-corrected chi connectivity index (χ2v) is 14.7. The second-order valence-electron chi connectivity index (χ2n) is 14.7. The third kappa shape index (κ3) is 9.91. The highest BCUT2D eigenvalue weighted by Gasteiger charge is 2.34. The van der Waals surface area contributed by atoms with Crippen LogP contribution in [-0.4, -0.2) is 70.3 Å². The molecule has 50 heavy (non-hydrogen) atoms. The van der Waals surface area contributed by atoms with E-state index in [1.807, 2.05) is 120 Å². The fraction of sp³-hybridized carbons (Fsp3) is 0.415. The lowest BCUT2D eigenvalue weighted by atomic mass is 9.94. The summed E-state index contributed by atoms with van der Waals surface area (Å²) >= 11 is 0. The molecule has 3 aromatic carbocycles. The molecule has 264 valence electrons. The highest BCUT2D eigenvalue weighted by Crippen LogP contribution is 2.27. The molecule has 5 rings (SSSR count). The first-order valence-corrected chi connectivity index (χ1v) is 17.6. The zero-order valence-corrected chi connectivity index (χ0v) is 29.8. The summed E-state index contributed by atoms with van der Waals surface area (Å²) in [6, 6.07) is 26.7. The van der Waals surface area contributed by atoms with E-state index in [0.717, 1.165) is 27.6 Å². The number of aliphatic hydroxyl groups is 1. The summed E-state index contributed by atoms with van der Waals surface area (Å²) in [5, 5.41) is 16.4. The van der Waals surface area contributed by atoms with Crippen LogP contribution in [0.1, 0.15) is 59.4 Å². The van der Waals surface area contributed by atoms with E-state index in [9.17, 15) is 19.5 Å². The van der Waals surface area contributed by atoms with Crippen LogP contribution in [0.4, 0.5) is 10.5 Å². The van der Waals surface area contributed by atoms with Crippen LogP contribution in [0, 0.1) is 11.8 Å². The molecule has 9 heteroatoms. The molecule has 1 aromatic heterocycles. The van der Waals surface area contributed by atoms with Gasteiger partial charge in [0.2, 0.25) is 11.8 Å². The summed E-state index contributed by atoms with van der Waals surface area (Å²) in [7, 11) is 0. The van der Waals surface area contributed by atoms with Gasteiger partial charge in [-0.25, -0.2) is 4.79 Å². The number of rotatable bonds is 10. The first-order valence-electron chi connectivity index (χ1n) is 17.6. The molecule has 3 amide bonds. The predicted molar refractivity (Wildman–Crippen MR) is 198 cm³/mol. The predicted octanol–water partition coefficient (Wildman–Crippen LogP) is 7.02. The Balaban J connectivity index is 1.27. The number of aliphatic hydroxyl groups excluding tert-OH is 1. The molecule has 1 saturated heterocycles. The normalized spacial score (nSPS) is 17.2. The van der Waals surface area contributed by atoms with Gasteiger partial charge in [0.15, 0.2) is 0 Å². The molecular formula is C41H50N4O5. The smallest absolute Gasteiger partial charge is 0.414 e. The van der Waals surface area contributed by atoms with Gasteiger partial charge in [-0.05, 0) is 92.6 Å². The number of nitrogens with one attached hydrogen (secondary N) is 1. The Labute approximate surface area is 295 Å². The minimum Gasteiger partial charge on any atom is -0.443 e. The Bertz CT molecular complexity index is 1770. The van der Waals surface area contributed by atoms with Crippen LogP contribution in [0.25, 0.3) is 22.0 Å². The lowest BCUT2D eigenvalue weighted by Gasteiger charge is -2.32. The van der Waals surface area contributed by atoms with Crippen LogP contribution < -0.4 is 10.2 Å². The number of aromatic nitrogens is 1. The van der Waals surface area contributed by atoms with Crippen molar-refractivity contribution >= 4 is 34.4 Å². The number of nitrogens with zero attached hydrogens (tertiary/aromatic N) is 3. The standard InChI is InChI=1S/C41H50N4O5/c1-28(2)22-33(26-45(40(49)50-41(3,4)5)34-19-18-30-13-6-7-14-31(30)25-34)39(48)43-36-17-11-21-44(27-37(36)46)38(47)24-29-12-10-15-32(23-29)35-16-8-9-20-42-35/h6-10,12-16,18-20,23,25,28,33,36-37,46H,11,17,21-22,24,26-27H2,1-5H3,(H,43,48)/t33?,36?,37-/m0/s1. The quantitative estimate of drug-likeness (QED) is 0.187. The Morgan fingerprint density at radius 2 is 1.74 bits per heavy atom. The largest absolute Gasteiger partial charge is 0.443 e. The minimum atomic E-state index is -0.938. The molecule has 3 atom stereocenters. The number of carbonyl (C=O) groups excluding carboxylic acids is 3. The van der Waals surface area contributed by atoms with Crippen molar-refractivity contribution in [2.45, 2.75) is 78.0 Å². The molecule has 1 fully saturated rings. The van der Waals surface area contributed by atoms with Gasteiger partial charge in [-0.3, -0.25) is 19.5 Å².